The van der Waals surface area contributed by atoms with Crippen LogP contribution < -0.4 is 5.32 Å². The van der Waals surface area contributed by atoms with Crippen LogP contribution in [0, 0.1) is 0 Å². The molecular formula is C26H26N2O2. The van der Waals surface area contributed by atoms with Crippen LogP contribution in [0.1, 0.15) is 36.9 Å². The SMILES string of the molecule is CCC(=O)NC(C(=O)N1CC=C(c2cccc3ccccc23)CC1)c1ccccc1. The Kier molecular flexibility index (Phi) is 5.94. The molecule has 2 amide bonds. The molecule has 0 spiro atoms. The zero-order chi connectivity index (χ0) is 20.9. The van der Waals surface area contributed by atoms with Crippen LogP contribution in [-0.2, 0) is 9.59 Å². The van der Waals surface area contributed by atoms with Crippen LogP contribution >= 0.6 is 0 Å². The lowest BCUT2D eigenvalue weighted by Crippen LogP contribution is -2.44. The molecule has 4 rings (SSSR count). The second-order valence-electron chi connectivity index (χ2n) is 7.56. The quantitative estimate of drug-likeness (QED) is 0.676. The molecule has 1 heterocycles. The average Bonchev–Trinajstić information content (AvgIpc) is 2.82. The van der Waals surface area contributed by atoms with Gasteiger partial charge in [0, 0.05) is 19.5 Å². The lowest BCUT2D eigenvalue weighted by Gasteiger charge is -2.31. The second kappa shape index (κ2) is 8.95. The third kappa shape index (κ3) is 4.13. The highest BCUT2D eigenvalue weighted by molar-refractivity contribution is 5.95. The first kappa shape index (κ1) is 19.9. The summed E-state index contributed by atoms with van der Waals surface area (Å²) < 4.78 is 0. The first-order valence-electron chi connectivity index (χ1n) is 10.5. The zero-order valence-electron chi connectivity index (χ0n) is 17.2. The average molecular weight is 399 g/mol. The number of rotatable bonds is 5. The summed E-state index contributed by atoms with van der Waals surface area (Å²) in [6.07, 6.45) is 3.29. The minimum atomic E-state index is -0.647. The summed E-state index contributed by atoms with van der Waals surface area (Å²) in [5, 5.41) is 5.36. The third-order valence-electron chi connectivity index (χ3n) is 5.66. The number of carbonyl (C=O) groups is 2. The van der Waals surface area contributed by atoms with Crippen molar-refractivity contribution in [1.29, 1.82) is 0 Å². The summed E-state index contributed by atoms with van der Waals surface area (Å²) in [5.74, 6) is -0.183. The van der Waals surface area contributed by atoms with E-state index in [-0.39, 0.29) is 11.8 Å². The molecule has 0 bridgehead atoms. The fourth-order valence-corrected chi connectivity index (χ4v) is 4.00. The summed E-state index contributed by atoms with van der Waals surface area (Å²) in [7, 11) is 0. The van der Waals surface area contributed by atoms with Crippen molar-refractivity contribution in [3.63, 3.8) is 0 Å². The fourth-order valence-electron chi connectivity index (χ4n) is 4.00. The van der Waals surface area contributed by atoms with Gasteiger partial charge in [0.05, 0.1) is 0 Å². The molecule has 0 saturated heterocycles. The van der Waals surface area contributed by atoms with Crippen LogP contribution in [0.4, 0.5) is 0 Å². The van der Waals surface area contributed by atoms with Crippen LogP contribution in [0.2, 0.25) is 0 Å². The van der Waals surface area contributed by atoms with Gasteiger partial charge in [-0.05, 0) is 33.9 Å². The van der Waals surface area contributed by atoms with Crippen LogP contribution in [0.5, 0.6) is 0 Å². The lowest BCUT2D eigenvalue weighted by atomic mass is 9.94. The van der Waals surface area contributed by atoms with Gasteiger partial charge >= 0.3 is 0 Å². The molecular weight excluding hydrogens is 372 g/mol. The van der Waals surface area contributed by atoms with Crippen LogP contribution in [0.15, 0.2) is 78.9 Å². The van der Waals surface area contributed by atoms with Crippen molar-refractivity contribution < 1.29 is 9.59 Å². The molecule has 4 heteroatoms. The molecule has 0 radical (unpaired) electrons. The molecule has 0 fully saturated rings. The number of nitrogens with zero attached hydrogens (tertiary/aromatic N) is 1. The van der Waals surface area contributed by atoms with Gasteiger partial charge in [-0.25, -0.2) is 0 Å². The number of amides is 2. The van der Waals surface area contributed by atoms with E-state index in [4.69, 9.17) is 0 Å². The molecule has 30 heavy (non-hydrogen) atoms. The van der Waals surface area contributed by atoms with Gasteiger partial charge in [0.1, 0.15) is 6.04 Å². The van der Waals surface area contributed by atoms with E-state index in [2.05, 4.69) is 53.9 Å². The largest absolute Gasteiger partial charge is 0.341 e. The number of benzene rings is 3. The minimum absolute atomic E-state index is 0.0591. The van der Waals surface area contributed by atoms with Gasteiger partial charge < -0.3 is 10.2 Å². The maximum atomic E-state index is 13.3. The number of hydrogen-bond donors (Lipinski definition) is 1. The van der Waals surface area contributed by atoms with E-state index in [1.807, 2.05) is 35.2 Å². The minimum Gasteiger partial charge on any atom is -0.341 e. The summed E-state index contributed by atoms with van der Waals surface area (Å²) in [4.78, 5) is 27.2. The van der Waals surface area contributed by atoms with E-state index in [1.165, 1.54) is 21.9 Å². The van der Waals surface area contributed by atoms with E-state index in [0.717, 1.165) is 12.0 Å². The normalized spacial score (nSPS) is 14.8. The predicted octanol–water partition coefficient (Wildman–Crippen LogP) is 4.72. The molecule has 4 nitrogen and oxygen atoms in total. The monoisotopic (exact) mass is 398 g/mol. The van der Waals surface area contributed by atoms with Crippen molar-refractivity contribution in [2.75, 3.05) is 13.1 Å². The van der Waals surface area contributed by atoms with Gasteiger partial charge in [-0.15, -0.1) is 0 Å². The molecule has 3 aromatic carbocycles. The topological polar surface area (TPSA) is 49.4 Å². The number of hydrogen-bond acceptors (Lipinski definition) is 2. The Morgan fingerprint density at radius 2 is 1.70 bits per heavy atom. The van der Waals surface area contributed by atoms with Gasteiger partial charge in [0.15, 0.2) is 0 Å². The number of carbonyl (C=O) groups excluding carboxylic acids is 2. The second-order valence-corrected chi connectivity index (χ2v) is 7.56. The lowest BCUT2D eigenvalue weighted by molar-refractivity contribution is -0.136. The van der Waals surface area contributed by atoms with Crippen molar-refractivity contribution in [1.82, 2.24) is 10.2 Å². The Balaban J connectivity index is 1.56. The van der Waals surface area contributed by atoms with Crippen LogP contribution in [0.3, 0.4) is 0 Å². The molecule has 1 atom stereocenters. The molecule has 1 N–H and O–H groups in total. The van der Waals surface area contributed by atoms with Gasteiger partial charge in [-0.3, -0.25) is 9.59 Å². The molecule has 0 aliphatic carbocycles. The number of fused-ring (bicyclic) bond motifs is 1. The highest BCUT2D eigenvalue weighted by atomic mass is 16.2. The van der Waals surface area contributed by atoms with E-state index < -0.39 is 6.04 Å². The first-order chi connectivity index (χ1) is 14.7. The smallest absolute Gasteiger partial charge is 0.250 e. The maximum Gasteiger partial charge on any atom is 0.250 e. The highest BCUT2D eigenvalue weighted by Crippen LogP contribution is 2.30. The van der Waals surface area contributed by atoms with E-state index in [0.29, 0.717) is 19.5 Å². The van der Waals surface area contributed by atoms with E-state index in [1.54, 1.807) is 6.92 Å². The van der Waals surface area contributed by atoms with Gasteiger partial charge in [-0.2, -0.15) is 0 Å². The molecule has 1 aliphatic rings. The van der Waals surface area contributed by atoms with Crippen molar-refractivity contribution >= 4 is 28.2 Å². The Hall–Kier alpha value is -3.40. The summed E-state index contributed by atoms with van der Waals surface area (Å²) in [5.41, 5.74) is 3.32. The predicted molar refractivity (Wildman–Crippen MR) is 121 cm³/mol. The van der Waals surface area contributed by atoms with Crippen molar-refractivity contribution in [3.05, 3.63) is 90.0 Å². The summed E-state index contributed by atoms with van der Waals surface area (Å²) in [6, 6.07) is 23.6. The Morgan fingerprint density at radius 3 is 2.43 bits per heavy atom. The molecule has 0 aromatic heterocycles. The van der Waals surface area contributed by atoms with Crippen molar-refractivity contribution in [3.8, 4) is 0 Å². The van der Waals surface area contributed by atoms with E-state index in [9.17, 15) is 9.59 Å². The summed E-state index contributed by atoms with van der Waals surface area (Å²) in [6.45, 7) is 2.98. The molecule has 3 aromatic rings. The molecule has 0 saturated carbocycles. The van der Waals surface area contributed by atoms with Gasteiger partial charge in [-0.1, -0.05) is 85.8 Å². The van der Waals surface area contributed by atoms with Crippen LogP contribution in [0.25, 0.3) is 16.3 Å². The van der Waals surface area contributed by atoms with Crippen LogP contribution in [-0.4, -0.2) is 29.8 Å². The van der Waals surface area contributed by atoms with Crippen molar-refractivity contribution in [2.24, 2.45) is 0 Å². The zero-order valence-corrected chi connectivity index (χ0v) is 17.2. The maximum absolute atomic E-state index is 13.3. The third-order valence-corrected chi connectivity index (χ3v) is 5.66. The van der Waals surface area contributed by atoms with Gasteiger partial charge in [0.25, 0.3) is 0 Å². The first-order valence-corrected chi connectivity index (χ1v) is 10.5. The van der Waals surface area contributed by atoms with Gasteiger partial charge in [0.2, 0.25) is 11.8 Å². The van der Waals surface area contributed by atoms with E-state index >= 15 is 0 Å². The number of nitrogens with one attached hydrogen (secondary N) is 1. The summed E-state index contributed by atoms with van der Waals surface area (Å²) >= 11 is 0. The Bertz CT molecular complexity index is 1080. The van der Waals surface area contributed by atoms with Crippen molar-refractivity contribution in [2.45, 2.75) is 25.8 Å². The standard InChI is InChI=1S/C26H26N2O2/c1-2-24(29)27-25(21-10-4-3-5-11-21)26(30)28-17-15-20(16-18-28)23-14-8-12-19-9-6-7-13-22(19)23/h3-15,25H,2,16-18H2,1H3,(H,27,29). The molecule has 1 aliphatic heterocycles. The Morgan fingerprint density at radius 1 is 0.967 bits per heavy atom. The molecule has 152 valence electrons. The Labute approximate surface area is 177 Å². The highest BCUT2D eigenvalue weighted by Gasteiger charge is 2.28. The molecule has 1 unspecified atom stereocenters. The fraction of sp³-hybridized carbons (Fsp3) is 0.231.